The third-order valence-corrected chi connectivity index (χ3v) is 14.4. The van der Waals surface area contributed by atoms with Gasteiger partial charge in [0, 0.05) is 6.92 Å². The standard InChI is InChI=1S/C54H104N2O15/c1-4-6-8-10-12-14-16-18-19-20-21-22-23-25-27-29-31-33-35-42(61)52(67)56-40(46(62)41(60)34-32-30-28-26-24-17-15-13-11-9-7-5-2)38-68-54-50(66)51(48(64)44(37-58)70-54)71-53-45(55-39(3)59)49(65)47(63)43(36-57)69-53/h40-51,53-54,57-58,60-66H,4-38H2,1-3H3,(H,55,59)(H,56,67). The van der Waals surface area contributed by atoms with Crippen molar-refractivity contribution in [3.63, 3.8) is 0 Å². The van der Waals surface area contributed by atoms with Gasteiger partial charge in [0.2, 0.25) is 11.8 Å². The van der Waals surface area contributed by atoms with Gasteiger partial charge in [-0.3, -0.25) is 9.59 Å². The van der Waals surface area contributed by atoms with E-state index in [4.69, 9.17) is 18.9 Å². The van der Waals surface area contributed by atoms with Crippen LogP contribution < -0.4 is 10.6 Å². The molecule has 2 amide bonds. The lowest BCUT2D eigenvalue weighted by atomic mass is 9.95. The molecule has 14 atom stereocenters. The van der Waals surface area contributed by atoms with E-state index in [1.54, 1.807) is 0 Å². The zero-order valence-electron chi connectivity index (χ0n) is 44.3. The lowest BCUT2D eigenvalue weighted by Gasteiger charge is -2.47. The molecule has 2 aliphatic rings. The first-order valence-electron chi connectivity index (χ1n) is 28.4. The Kier molecular flexibility index (Phi) is 37.6. The fourth-order valence-corrected chi connectivity index (χ4v) is 9.80. The number of aliphatic hydroxyl groups excluding tert-OH is 9. The van der Waals surface area contributed by atoms with Crippen LogP contribution in [0, 0.1) is 0 Å². The van der Waals surface area contributed by atoms with E-state index in [1.807, 2.05) is 0 Å². The van der Waals surface area contributed by atoms with E-state index in [0.717, 1.165) is 58.3 Å². The summed E-state index contributed by atoms with van der Waals surface area (Å²) in [6.07, 6.45) is 17.1. The minimum atomic E-state index is -1.85. The van der Waals surface area contributed by atoms with Crippen molar-refractivity contribution in [1.82, 2.24) is 10.6 Å². The van der Waals surface area contributed by atoms with Gasteiger partial charge in [-0.15, -0.1) is 0 Å². The summed E-state index contributed by atoms with van der Waals surface area (Å²) in [5.74, 6) is -1.40. The zero-order chi connectivity index (χ0) is 52.2. The average molecular weight is 1020 g/mol. The first kappa shape index (κ1) is 65.5. The molecule has 0 aromatic rings. The second-order valence-corrected chi connectivity index (χ2v) is 20.7. The van der Waals surface area contributed by atoms with Gasteiger partial charge in [0.15, 0.2) is 12.6 Å². The van der Waals surface area contributed by atoms with Crippen LogP contribution in [0.2, 0.25) is 0 Å². The maximum atomic E-state index is 13.4. The molecule has 17 heteroatoms. The first-order valence-corrected chi connectivity index (χ1v) is 28.4. The Balaban J connectivity index is 1.96. The van der Waals surface area contributed by atoms with Gasteiger partial charge >= 0.3 is 0 Å². The number of rotatable bonds is 44. The van der Waals surface area contributed by atoms with Gasteiger partial charge in [-0.05, 0) is 12.8 Å². The van der Waals surface area contributed by atoms with E-state index >= 15 is 0 Å². The van der Waals surface area contributed by atoms with E-state index in [-0.39, 0.29) is 12.8 Å². The van der Waals surface area contributed by atoms with E-state index in [9.17, 15) is 55.5 Å². The minimum absolute atomic E-state index is 0.195. The number of carbonyl (C=O) groups is 2. The van der Waals surface area contributed by atoms with E-state index in [0.29, 0.717) is 12.8 Å². The Morgan fingerprint density at radius 3 is 1.34 bits per heavy atom. The molecular formula is C54H104N2O15. The van der Waals surface area contributed by atoms with Gasteiger partial charge in [0.05, 0.1) is 32.0 Å². The molecular weight excluding hydrogens is 917 g/mol. The first-order chi connectivity index (χ1) is 34.3. The lowest BCUT2D eigenvalue weighted by Crippen LogP contribution is -2.68. The summed E-state index contributed by atoms with van der Waals surface area (Å²) in [6, 6.07) is -2.71. The van der Waals surface area contributed by atoms with Gasteiger partial charge in [0.25, 0.3) is 0 Å². The molecule has 11 N–H and O–H groups in total. The molecule has 0 spiro atoms. The topological polar surface area (TPSA) is 277 Å². The third-order valence-electron chi connectivity index (χ3n) is 14.4. The van der Waals surface area contributed by atoms with Crippen LogP contribution in [-0.2, 0) is 28.5 Å². The molecule has 2 aliphatic heterocycles. The van der Waals surface area contributed by atoms with Crippen LogP contribution in [0.3, 0.4) is 0 Å². The molecule has 0 bridgehead atoms. The average Bonchev–Trinajstić information content (AvgIpc) is 3.35. The maximum absolute atomic E-state index is 13.4. The van der Waals surface area contributed by atoms with Gasteiger partial charge < -0.3 is 75.5 Å². The molecule has 420 valence electrons. The quantitative estimate of drug-likeness (QED) is 0.0319. The number of aliphatic hydroxyl groups is 9. The fourth-order valence-electron chi connectivity index (χ4n) is 9.80. The molecule has 2 rings (SSSR count). The van der Waals surface area contributed by atoms with Crippen LogP contribution in [0.4, 0.5) is 0 Å². The predicted molar refractivity (Wildman–Crippen MR) is 273 cm³/mol. The Bertz CT molecular complexity index is 1310. The molecule has 0 aromatic heterocycles. The van der Waals surface area contributed by atoms with Gasteiger partial charge in [-0.1, -0.05) is 206 Å². The molecule has 0 aromatic carbocycles. The van der Waals surface area contributed by atoms with Crippen LogP contribution in [0.5, 0.6) is 0 Å². The van der Waals surface area contributed by atoms with Crippen LogP contribution in [0.15, 0.2) is 0 Å². The minimum Gasteiger partial charge on any atom is -0.394 e. The predicted octanol–water partition coefficient (Wildman–Crippen LogP) is 5.86. The molecule has 0 radical (unpaired) electrons. The van der Waals surface area contributed by atoms with Crippen molar-refractivity contribution in [3.8, 4) is 0 Å². The molecule has 17 nitrogen and oxygen atoms in total. The second-order valence-electron chi connectivity index (χ2n) is 20.7. The maximum Gasteiger partial charge on any atom is 0.249 e. The highest BCUT2D eigenvalue weighted by Gasteiger charge is 2.51. The summed E-state index contributed by atoms with van der Waals surface area (Å²) in [6.45, 7) is 3.55. The van der Waals surface area contributed by atoms with E-state index in [1.165, 1.54) is 128 Å². The second kappa shape index (κ2) is 40.7. The van der Waals surface area contributed by atoms with Crippen LogP contribution in [0.25, 0.3) is 0 Å². The van der Waals surface area contributed by atoms with Gasteiger partial charge in [0.1, 0.15) is 61.0 Å². The monoisotopic (exact) mass is 1020 g/mol. The van der Waals surface area contributed by atoms with Crippen LogP contribution in [-0.4, -0.2) is 163 Å². The van der Waals surface area contributed by atoms with E-state index < -0.39 is 117 Å². The molecule has 2 fully saturated rings. The van der Waals surface area contributed by atoms with E-state index in [2.05, 4.69) is 24.5 Å². The summed E-state index contributed by atoms with van der Waals surface area (Å²) in [4.78, 5) is 25.5. The number of hydrogen-bond acceptors (Lipinski definition) is 15. The van der Waals surface area contributed by atoms with Gasteiger partial charge in [-0.2, -0.15) is 0 Å². The summed E-state index contributed by atoms with van der Waals surface area (Å²) < 4.78 is 23.2. The summed E-state index contributed by atoms with van der Waals surface area (Å²) in [5, 5.41) is 102. The number of nitrogens with one attached hydrogen (secondary N) is 2. The number of amides is 2. The Labute approximate surface area is 427 Å². The highest BCUT2D eigenvalue weighted by Crippen LogP contribution is 2.30. The largest absolute Gasteiger partial charge is 0.394 e. The smallest absolute Gasteiger partial charge is 0.249 e. The Morgan fingerprint density at radius 1 is 0.521 bits per heavy atom. The molecule has 71 heavy (non-hydrogen) atoms. The van der Waals surface area contributed by atoms with Crippen molar-refractivity contribution in [2.45, 2.75) is 312 Å². The van der Waals surface area contributed by atoms with Gasteiger partial charge in [-0.25, -0.2) is 0 Å². The number of ether oxygens (including phenoxy) is 4. The SMILES string of the molecule is CCCCCCCCCCCCCCCCCCCCC(O)C(=O)NC(COC1OC(CO)C(O)C(OC2OC(CO)C(O)C(O)C2NC(C)=O)C1O)C(O)C(O)CCCCCCCCCCCCCC. The number of carbonyl (C=O) groups excluding carboxylic acids is 2. The fraction of sp³-hybridized carbons (Fsp3) is 0.963. The van der Waals surface area contributed by atoms with Crippen molar-refractivity contribution in [3.05, 3.63) is 0 Å². The van der Waals surface area contributed by atoms with Crippen molar-refractivity contribution in [2.24, 2.45) is 0 Å². The summed E-state index contributed by atoms with van der Waals surface area (Å²) >= 11 is 0. The highest BCUT2D eigenvalue weighted by molar-refractivity contribution is 5.80. The van der Waals surface area contributed by atoms with Crippen molar-refractivity contribution < 1.29 is 74.5 Å². The lowest BCUT2D eigenvalue weighted by molar-refractivity contribution is -0.348. The highest BCUT2D eigenvalue weighted by atomic mass is 16.7. The number of hydrogen-bond donors (Lipinski definition) is 11. The Morgan fingerprint density at radius 2 is 0.915 bits per heavy atom. The Hall–Kier alpha value is -1.58. The molecule has 2 saturated heterocycles. The van der Waals surface area contributed by atoms with Crippen LogP contribution in [0.1, 0.15) is 226 Å². The summed E-state index contributed by atoms with van der Waals surface area (Å²) in [5.41, 5.74) is 0. The van der Waals surface area contributed by atoms with Crippen molar-refractivity contribution >= 4 is 11.8 Å². The molecule has 14 unspecified atom stereocenters. The van der Waals surface area contributed by atoms with Crippen molar-refractivity contribution in [2.75, 3.05) is 19.8 Å². The molecule has 0 aliphatic carbocycles. The van der Waals surface area contributed by atoms with Crippen LogP contribution >= 0.6 is 0 Å². The molecule has 0 saturated carbocycles. The molecule has 2 heterocycles. The summed E-state index contributed by atoms with van der Waals surface area (Å²) in [7, 11) is 0. The third kappa shape index (κ3) is 27.2. The van der Waals surface area contributed by atoms with Crippen molar-refractivity contribution in [1.29, 1.82) is 0 Å². The number of unbranched alkanes of at least 4 members (excludes halogenated alkanes) is 28. The normalized spacial score (nSPS) is 26.5. The zero-order valence-corrected chi connectivity index (χ0v) is 44.3.